The van der Waals surface area contributed by atoms with E-state index in [1.807, 2.05) is 6.08 Å². The normalized spacial score (nSPS) is 18.3. The first-order valence-electron chi connectivity index (χ1n) is 8.89. The molecule has 2 aliphatic rings. The third-order valence-corrected chi connectivity index (χ3v) is 5.66. The van der Waals surface area contributed by atoms with Gasteiger partial charge in [-0.15, -0.1) is 0 Å². The Morgan fingerprint density at radius 3 is 2.89 bits per heavy atom. The van der Waals surface area contributed by atoms with Gasteiger partial charge in [0.2, 0.25) is 5.91 Å². The first-order valence-corrected chi connectivity index (χ1v) is 10.1. The molecule has 3 rings (SSSR count). The van der Waals surface area contributed by atoms with E-state index in [0.29, 0.717) is 18.8 Å². The molecule has 146 valence electrons. The molecule has 27 heavy (non-hydrogen) atoms. The Balaban J connectivity index is 1.48. The minimum absolute atomic E-state index is 0.0372. The number of nitrogens with one attached hydrogen (secondary N) is 1. The predicted octanol–water partition coefficient (Wildman–Crippen LogP) is 2.72. The van der Waals surface area contributed by atoms with Gasteiger partial charge in [-0.1, -0.05) is 27.5 Å². The Kier molecular flexibility index (Phi) is 6.59. The molecular formula is C18H22BrClN4O3. The van der Waals surface area contributed by atoms with Crippen LogP contribution >= 0.6 is 27.5 Å². The van der Waals surface area contributed by atoms with E-state index in [9.17, 15) is 9.59 Å². The number of ether oxygens (including phenoxy) is 1. The number of halogens is 2. The molecule has 1 aliphatic heterocycles. The van der Waals surface area contributed by atoms with Crippen LogP contribution in [0.5, 0.6) is 0 Å². The largest absolute Gasteiger partial charge is 0.489 e. The Bertz CT molecular complexity index is 828. The lowest BCUT2D eigenvalue weighted by molar-refractivity contribution is -0.131. The van der Waals surface area contributed by atoms with Crippen LogP contribution in [0.2, 0.25) is 0 Å². The Morgan fingerprint density at radius 1 is 1.41 bits per heavy atom. The molecule has 0 saturated carbocycles. The summed E-state index contributed by atoms with van der Waals surface area (Å²) in [5.41, 5.74) is 0.115. The molecule has 9 heteroatoms. The van der Waals surface area contributed by atoms with Crippen molar-refractivity contribution in [3.05, 3.63) is 44.0 Å². The van der Waals surface area contributed by atoms with Gasteiger partial charge < -0.3 is 15.0 Å². The Labute approximate surface area is 171 Å². The molecule has 0 unspecified atom stereocenters. The molecule has 2 heterocycles. The van der Waals surface area contributed by atoms with Gasteiger partial charge in [-0.3, -0.25) is 9.59 Å². The van der Waals surface area contributed by atoms with Crippen LogP contribution in [-0.4, -0.2) is 46.3 Å². The van der Waals surface area contributed by atoms with Crippen molar-refractivity contribution < 1.29 is 9.53 Å². The third kappa shape index (κ3) is 5.13. The number of allylic oxidation sites excluding steroid dienone is 3. The molecule has 1 aliphatic carbocycles. The van der Waals surface area contributed by atoms with Crippen LogP contribution in [0.1, 0.15) is 25.7 Å². The number of piperidine rings is 1. The Morgan fingerprint density at radius 2 is 2.15 bits per heavy atom. The highest BCUT2D eigenvalue weighted by Gasteiger charge is 2.25. The third-order valence-electron chi connectivity index (χ3n) is 4.66. The number of aryl methyl sites for hydroxylation is 1. The van der Waals surface area contributed by atoms with E-state index in [4.69, 9.17) is 16.3 Å². The number of aromatic nitrogens is 2. The monoisotopic (exact) mass is 456 g/mol. The zero-order chi connectivity index (χ0) is 19.4. The van der Waals surface area contributed by atoms with Crippen LogP contribution in [-0.2, 0) is 16.6 Å². The molecule has 1 aromatic heterocycles. The van der Waals surface area contributed by atoms with Crippen LogP contribution < -0.4 is 10.9 Å². The van der Waals surface area contributed by atoms with Gasteiger partial charge in [-0.2, -0.15) is 5.10 Å². The number of anilines is 1. The van der Waals surface area contributed by atoms with E-state index in [0.717, 1.165) is 41.0 Å². The standard InChI is InChI=1S/C18H22BrClN4O3/c1-23-18(26)15(4-7-22-23)21-11-17(25)24-8-5-13(6-9-24)27-16-10-12(19)2-3-14(16)20/h4,7,10,13,21H,2-3,5-6,8-9,11H2,1H3. The zero-order valence-electron chi connectivity index (χ0n) is 15.1. The van der Waals surface area contributed by atoms with Crippen molar-refractivity contribution in [1.29, 1.82) is 0 Å². The SMILES string of the molecule is Cn1nccc(NCC(=O)N2CCC(OC3=C(Cl)CCC(Br)=C3)CC2)c1=O. The molecule has 1 amide bonds. The van der Waals surface area contributed by atoms with E-state index in [1.165, 1.54) is 10.9 Å². The van der Waals surface area contributed by atoms with Crippen LogP contribution in [0.3, 0.4) is 0 Å². The molecule has 0 bridgehead atoms. The summed E-state index contributed by atoms with van der Waals surface area (Å²) in [6, 6.07) is 1.57. The summed E-state index contributed by atoms with van der Waals surface area (Å²) in [4.78, 5) is 26.1. The minimum atomic E-state index is -0.255. The van der Waals surface area contributed by atoms with E-state index < -0.39 is 0 Å². The van der Waals surface area contributed by atoms with Gasteiger partial charge in [0.25, 0.3) is 5.56 Å². The Hall–Kier alpha value is -1.80. The second-order valence-corrected chi connectivity index (χ2v) is 8.06. The highest BCUT2D eigenvalue weighted by Crippen LogP contribution is 2.32. The maximum absolute atomic E-state index is 12.4. The molecule has 1 saturated heterocycles. The molecule has 0 spiro atoms. The number of nitrogens with zero attached hydrogens (tertiary/aromatic N) is 3. The van der Waals surface area contributed by atoms with E-state index >= 15 is 0 Å². The molecule has 1 N–H and O–H groups in total. The summed E-state index contributed by atoms with van der Waals surface area (Å²) < 4.78 is 8.35. The number of carbonyl (C=O) groups is 1. The fourth-order valence-electron chi connectivity index (χ4n) is 3.07. The first kappa shape index (κ1) is 19.9. The van der Waals surface area contributed by atoms with Crippen LogP contribution in [0, 0.1) is 0 Å². The summed E-state index contributed by atoms with van der Waals surface area (Å²) in [7, 11) is 1.57. The second-order valence-electron chi connectivity index (χ2n) is 6.59. The average Bonchev–Trinajstić information content (AvgIpc) is 2.66. The van der Waals surface area contributed by atoms with E-state index in [-0.39, 0.29) is 24.1 Å². The number of amides is 1. The summed E-state index contributed by atoms with van der Waals surface area (Å²) in [6.45, 7) is 1.32. The summed E-state index contributed by atoms with van der Waals surface area (Å²) in [5, 5.41) is 7.51. The van der Waals surface area contributed by atoms with Crippen molar-refractivity contribution in [3.63, 3.8) is 0 Å². The lowest BCUT2D eigenvalue weighted by Gasteiger charge is -2.33. The maximum Gasteiger partial charge on any atom is 0.289 e. The lowest BCUT2D eigenvalue weighted by Crippen LogP contribution is -2.43. The van der Waals surface area contributed by atoms with Gasteiger partial charge >= 0.3 is 0 Å². The highest BCUT2D eigenvalue weighted by molar-refractivity contribution is 9.11. The van der Waals surface area contributed by atoms with Gasteiger partial charge in [-0.25, -0.2) is 4.68 Å². The highest BCUT2D eigenvalue weighted by atomic mass is 79.9. The van der Waals surface area contributed by atoms with Crippen LogP contribution in [0.15, 0.2) is 38.4 Å². The summed E-state index contributed by atoms with van der Waals surface area (Å²) >= 11 is 9.75. The van der Waals surface area contributed by atoms with Gasteiger partial charge in [0.1, 0.15) is 17.6 Å². The van der Waals surface area contributed by atoms with Gasteiger partial charge in [0.15, 0.2) is 0 Å². The molecule has 0 atom stereocenters. The minimum Gasteiger partial charge on any atom is -0.489 e. The van der Waals surface area contributed by atoms with Crippen molar-refractivity contribution in [2.45, 2.75) is 31.8 Å². The van der Waals surface area contributed by atoms with E-state index in [2.05, 4.69) is 26.3 Å². The van der Waals surface area contributed by atoms with Crippen LogP contribution in [0.25, 0.3) is 0 Å². The van der Waals surface area contributed by atoms with Gasteiger partial charge in [0.05, 0.1) is 11.6 Å². The molecule has 7 nitrogen and oxygen atoms in total. The molecule has 0 aromatic carbocycles. The predicted molar refractivity (Wildman–Crippen MR) is 108 cm³/mol. The summed E-state index contributed by atoms with van der Waals surface area (Å²) in [5.74, 6) is 0.694. The molecule has 1 fully saturated rings. The average molecular weight is 458 g/mol. The topological polar surface area (TPSA) is 76.5 Å². The molecule has 1 aromatic rings. The quantitative estimate of drug-likeness (QED) is 0.736. The first-order chi connectivity index (χ1) is 12.9. The lowest BCUT2D eigenvalue weighted by atomic mass is 10.1. The van der Waals surface area contributed by atoms with Crippen molar-refractivity contribution in [3.8, 4) is 0 Å². The van der Waals surface area contributed by atoms with E-state index in [1.54, 1.807) is 18.0 Å². The fourth-order valence-corrected chi connectivity index (χ4v) is 3.67. The number of hydrogen-bond acceptors (Lipinski definition) is 5. The van der Waals surface area contributed by atoms with Crippen molar-refractivity contribution in [1.82, 2.24) is 14.7 Å². The number of carbonyl (C=O) groups excluding carboxylic acids is 1. The number of hydrogen-bond donors (Lipinski definition) is 1. The maximum atomic E-state index is 12.4. The number of rotatable bonds is 5. The van der Waals surface area contributed by atoms with Crippen molar-refractivity contribution >= 4 is 39.1 Å². The smallest absolute Gasteiger partial charge is 0.289 e. The van der Waals surface area contributed by atoms with Crippen molar-refractivity contribution in [2.75, 3.05) is 25.0 Å². The molecular weight excluding hydrogens is 436 g/mol. The number of likely N-dealkylation sites (tertiary alicyclic amines) is 1. The zero-order valence-corrected chi connectivity index (χ0v) is 17.4. The van der Waals surface area contributed by atoms with Gasteiger partial charge in [0, 0.05) is 39.2 Å². The van der Waals surface area contributed by atoms with Crippen LogP contribution in [0.4, 0.5) is 5.69 Å². The molecule has 0 radical (unpaired) electrons. The summed E-state index contributed by atoms with van der Waals surface area (Å²) in [6.07, 6.45) is 6.69. The van der Waals surface area contributed by atoms with Crippen molar-refractivity contribution in [2.24, 2.45) is 7.05 Å². The van der Waals surface area contributed by atoms with Gasteiger partial charge in [-0.05, 0) is 29.5 Å². The fraction of sp³-hybridized carbons (Fsp3) is 0.500. The second kappa shape index (κ2) is 8.93.